The molecule has 6 heteroatoms. The first-order valence-corrected chi connectivity index (χ1v) is 9.03. The highest BCUT2D eigenvalue weighted by atomic mass is 35.5. The third-order valence-electron chi connectivity index (χ3n) is 5.02. The summed E-state index contributed by atoms with van der Waals surface area (Å²) in [6.07, 6.45) is 0. The average Bonchev–Trinajstić information content (AvgIpc) is 3.02. The molecule has 1 aliphatic rings. The second kappa shape index (κ2) is 9.74. The largest absolute Gasteiger partial charge is 0.496 e. The number of carbonyl (C=O) groups excluding carboxylic acids is 1. The van der Waals surface area contributed by atoms with E-state index in [1.54, 1.807) is 7.11 Å². The molecule has 3 N–H and O–H groups in total. The molecular weight excluding hydrogens is 362 g/mol. The topological polar surface area (TPSA) is 67.6 Å². The van der Waals surface area contributed by atoms with Crippen LogP contribution in [-0.2, 0) is 4.79 Å². The van der Waals surface area contributed by atoms with Gasteiger partial charge in [-0.05, 0) is 18.6 Å². The first-order chi connectivity index (χ1) is 12.6. The summed E-state index contributed by atoms with van der Waals surface area (Å²) in [7, 11) is 1.64. The van der Waals surface area contributed by atoms with Crippen LogP contribution >= 0.6 is 12.4 Å². The minimum Gasteiger partial charge on any atom is -0.496 e. The van der Waals surface area contributed by atoms with Crippen molar-refractivity contribution in [2.75, 3.05) is 26.7 Å². The van der Waals surface area contributed by atoms with Gasteiger partial charge in [-0.1, -0.05) is 48.5 Å². The van der Waals surface area contributed by atoms with Crippen molar-refractivity contribution in [3.8, 4) is 5.75 Å². The van der Waals surface area contributed by atoms with Gasteiger partial charge in [0, 0.05) is 30.6 Å². The van der Waals surface area contributed by atoms with E-state index in [0.29, 0.717) is 6.54 Å². The molecule has 146 valence electrons. The molecule has 3 atom stereocenters. The summed E-state index contributed by atoms with van der Waals surface area (Å²) in [5, 5.41) is 3.07. The Balaban J connectivity index is 0.00000261. The molecule has 0 spiro atoms. The maximum absolute atomic E-state index is 12.5. The lowest BCUT2D eigenvalue weighted by Crippen LogP contribution is -2.38. The van der Waals surface area contributed by atoms with Crippen LogP contribution in [0.25, 0.3) is 0 Å². The van der Waals surface area contributed by atoms with Crippen molar-refractivity contribution >= 4 is 18.3 Å². The molecule has 0 saturated carbocycles. The van der Waals surface area contributed by atoms with E-state index in [4.69, 9.17) is 10.5 Å². The molecule has 27 heavy (non-hydrogen) atoms. The molecule has 5 nitrogen and oxygen atoms in total. The fourth-order valence-corrected chi connectivity index (χ4v) is 3.69. The number of hydrogen-bond donors (Lipinski definition) is 2. The number of benzene rings is 2. The van der Waals surface area contributed by atoms with Gasteiger partial charge in [-0.25, -0.2) is 0 Å². The normalized spacial score (nSPS) is 20.6. The van der Waals surface area contributed by atoms with Gasteiger partial charge in [0.25, 0.3) is 0 Å². The van der Waals surface area contributed by atoms with Crippen LogP contribution in [0.2, 0.25) is 0 Å². The zero-order valence-electron chi connectivity index (χ0n) is 15.8. The number of likely N-dealkylation sites (tertiary alicyclic amines) is 1. The second-order valence-corrected chi connectivity index (χ2v) is 6.91. The van der Waals surface area contributed by atoms with Gasteiger partial charge in [-0.15, -0.1) is 12.4 Å². The van der Waals surface area contributed by atoms with Crippen molar-refractivity contribution in [1.82, 2.24) is 10.2 Å². The fourth-order valence-electron chi connectivity index (χ4n) is 3.69. The Kier molecular flexibility index (Phi) is 7.66. The van der Waals surface area contributed by atoms with E-state index >= 15 is 0 Å². The van der Waals surface area contributed by atoms with Crippen LogP contribution in [0.15, 0.2) is 54.6 Å². The third-order valence-corrected chi connectivity index (χ3v) is 5.02. The van der Waals surface area contributed by atoms with Gasteiger partial charge in [0.1, 0.15) is 5.75 Å². The Morgan fingerprint density at radius 1 is 1.19 bits per heavy atom. The number of nitrogens with one attached hydrogen (secondary N) is 1. The van der Waals surface area contributed by atoms with Gasteiger partial charge < -0.3 is 15.8 Å². The predicted molar refractivity (Wildman–Crippen MR) is 110 cm³/mol. The SMILES string of the molecule is COc1ccccc1C(C)NC(=O)CN1C[C@@H](N)[C@H](c2ccccc2)C1.Cl. The quantitative estimate of drug-likeness (QED) is 0.797. The number of para-hydroxylation sites is 1. The number of amides is 1. The highest BCUT2D eigenvalue weighted by molar-refractivity contribution is 5.85. The van der Waals surface area contributed by atoms with Gasteiger partial charge in [-0.2, -0.15) is 0 Å². The molecular formula is C21H28ClN3O2. The summed E-state index contributed by atoms with van der Waals surface area (Å²) in [4.78, 5) is 14.6. The molecule has 2 aromatic rings. The summed E-state index contributed by atoms with van der Waals surface area (Å²) < 4.78 is 5.38. The van der Waals surface area contributed by atoms with Gasteiger partial charge >= 0.3 is 0 Å². The lowest BCUT2D eigenvalue weighted by molar-refractivity contribution is -0.122. The minimum absolute atomic E-state index is 0. The van der Waals surface area contributed by atoms with Crippen molar-refractivity contribution < 1.29 is 9.53 Å². The molecule has 1 fully saturated rings. The molecule has 0 aliphatic carbocycles. The van der Waals surface area contributed by atoms with Crippen LogP contribution in [0.5, 0.6) is 5.75 Å². The van der Waals surface area contributed by atoms with Crippen molar-refractivity contribution in [2.45, 2.75) is 24.9 Å². The molecule has 1 aliphatic heterocycles. The Bertz CT molecular complexity index is 741. The molecule has 0 radical (unpaired) electrons. The maximum Gasteiger partial charge on any atom is 0.234 e. The van der Waals surface area contributed by atoms with E-state index in [2.05, 4.69) is 22.3 Å². The van der Waals surface area contributed by atoms with Gasteiger partial charge in [-0.3, -0.25) is 9.69 Å². The van der Waals surface area contributed by atoms with Crippen molar-refractivity contribution in [3.05, 3.63) is 65.7 Å². The van der Waals surface area contributed by atoms with E-state index in [0.717, 1.165) is 24.4 Å². The molecule has 1 amide bonds. The third kappa shape index (κ3) is 5.22. The number of nitrogens with two attached hydrogens (primary N) is 1. The smallest absolute Gasteiger partial charge is 0.234 e. The number of methoxy groups -OCH3 is 1. The van der Waals surface area contributed by atoms with E-state index in [1.165, 1.54) is 5.56 Å². The number of rotatable bonds is 6. The van der Waals surface area contributed by atoms with Crippen LogP contribution in [0.4, 0.5) is 0 Å². The fraction of sp³-hybridized carbons (Fsp3) is 0.381. The van der Waals surface area contributed by atoms with Crippen LogP contribution in [0.1, 0.15) is 30.0 Å². The summed E-state index contributed by atoms with van der Waals surface area (Å²) in [6, 6.07) is 18.0. The van der Waals surface area contributed by atoms with Gasteiger partial charge in [0.15, 0.2) is 0 Å². The van der Waals surface area contributed by atoms with Crippen molar-refractivity contribution in [1.29, 1.82) is 0 Å². The van der Waals surface area contributed by atoms with Crippen LogP contribution in [0, 0.1) is 0 Å². The van der Waals surface area contributed by atoms with Crippen LogP contribution in [0.3, 0.4) is 0 Å². The first kappa shape index (κ1) is 21.2. The number of nitrogens with zero attached hydrogens (tertiary/aromatic N) is 1. The van der Waals surface area contributed by atoms with E-state index in [9.17, 15) is 4.79 Å². The summed E-state index contributed by atoms with van der Waals surface area (Å²) in [5.41, 5.74) is 8.53. The molecule has 1 saturated heterocycles. The highest BCUT2D eigenvalue weighted by Gasteiger charge is 2.32. The summed E-state index contributed by atoms with van der Waals surface area (Å²) in [6.45, 7) is 3.87. The lowest BCUT2D eigenvalue weighted by atomic mass is 9.95. The average molecular weight is 390 g/mol. The second-order valence-electron chi connectivity index (χ2n) is 6.91. The first-order valence-electron chi connectivity index (χ1n) is 9.03. The minimum atomic E-state index is -0.111. The predicted octanol–water partition coefficient (Wildman–Crippen LogP) is 2.72. The Hall–Kier alpha value is -2.08. The molecule has 1 heterocycles. The number of halogens is 1. The van der Waals surface area contributed by atoms with E-state index in [-0.39, 0.29) is 36.3 Å². The molecule has 0 bridgehead atoms. The zero-order chi connectivity index (χ0) is 18.5. The summed E-state index contributed by atoms with van der Waals surface area (Å²) >= 11 is 0. The molecule has 0 aromatic heterocycles. The molecule has 2 aromatic carbocycles. The zero-order valence-corrected chi connectivity index (χ0v) is 16.6. The van der Waals surface area contributed by atoms with Crippen LogP contribution in [-0.4, -0.2) is 43.6 Å². The van der Waals surface area contributed by atoms with Crippen LogP contribution < -0.4 is 15.8 Å². The Labute approximate surface area is 167 Å². The maximum atomic E-state index is 12.5. The monoisotopic (exact) mass is 389 g/mol. The summed E-state index contributed by atoms with van der Waals surface area (Å²) in [5.74, 6) is 1.06. The van der Waals surface area contributed by atoms with Gasteiger partial charge in [0.2, 0.25) is 5.91 Å². The number of ether oxygens (including phenoxy) is 1. The number of hydrogen-bond acceptors (Lipinski definition) is 4. The Morgan fingerprint density at radius 3 is 2.56 bits per heavy atom. The molecule has 1 unspecified atom stereocenters. The van der Waals surface area contributed by atoms with Crippen molar-refractivity contribution in [2.24, 2.45) is 5.73 Å². The van der Waals surface area contributed by atoms with E-state index in [1.807, 2.05) is 49.4 Å². The van der Waals surface area contributed by atoms with Gasteiger partial charge in [0.05, 0.1) is 19.7 Å². The van der Waals surface area contributed by atoms with Crippen molar-refractivity contribution in [3.63, 3.8) is 0 Å². The number of carbonyl (C=O) groups is 1. The standard InChI is InChI=1S/C21H27N3O2.ClH/c1-15(17-10-6-7-11-20(17)26-2)23-21(25)14-24-12-18(19(22)13-24)16-8-4-3-5-9-16;/h3-11,15,18-19H,12-14,22H2,1-2H3,(H,23,25);1H/t15?,18-,19+;/m0./s1. The lowest BCUT2D eigenvalue weighted by Gasteiger charge is -2.20. The Morgan fingerprint density at radius 2 is 1.85 bits per heavy atom. The van der Waals surface area contributed by atoms with E-state index < -0.39 is 0 Å². The molecule has 3 rings (SSSR count). The highest BCUT2D eigenvalue weighted by Crippen LogP contribution is 2.27.